The van der Waals surface area contributed by atoms with Gasteiger partial charge in [-0.1, -0.05) is 151 Å². The number of rotatable bonds is 12. The fraction of sp³-hybridized carbons (Fsp3) is 0.277. The van der Waals surface area contributed by atoms with Crippen molar-refractivity contribution in [3.63, 3.8) is 0 Å². The molecule has 0 bridgehead atoms. The van der Waals surface area contributed by atoms with Crippen molar-refractivity contribution in [1.29, 1.82) is 0 Å². The van der Waals surface area contributed by atoms with E-state index in [4.69, 9.17) is 14.7 Å². The number of ether oxygens (including phenoxy) is 2. The number of benzene rings is 5. The number of anilines is 1. The lowest BCUT2D eigenvalue weighted by molar-refractivity contribution is -0.158. The van der Waals surface area contributed by atoms with Gasteiger partial charge in [-0.25, -0.2) is 9.48 Å². The molecule has 284 valence electrons. The summed E-state index contributed by atoms with van der Waals surface area (Å²) >= 11 is 1.34. The largest absolute Gasteiger partial charge is 0.428 e. The highest BCUT2D eigenvalue weighted by molar-refractivity contribution is 7.99. The van der Waals surface area contributed by atoms with E-state index >= 15 is 0 Å². The number of hydrogen-bond acceptors (Lipinski definition) is 8. The quantitative estimate of drug-likeness (QED) is 0.0692. The molecule has 9 heteroatoms. The summed E-state index contributed by atoms with van der Waals surface area (Å²) in [5.41, 5.74) is 5.18. The smallest absolute Gasteiger partial charge is 0.362 e. The van der Waals surface area contributed by atoms with E-state index in [9.17, 15) is 9.59 Å². The molecule has 1 saturated carbocycles. The van der Waals surface area contributed by atoms with Gasteiger partial charge in [-0.2, -0.15) is 0 Å². The molecule has 1 aromatic heterocycles. The van der Waals surface area contributed by atoms with Crippen LogP contribution in [-0.4, -0.2) is 46.8 Å². The van der Waals surface area contributed by atoms with Gasteiger partial charge in [-0.05, 0) is 84.2 Å². The Labute approximate surface area is 332 Å². The molecule has 0 N–H and O–H groups in total. The van der Waals surface area contributed by atoms with Gasteiger partial charge in [0.2, 0.25) is 6.79 Å². The molecule has 2 fully saturated rings. The molecule has 0 spiro atoms. The van der Waals surface area contributed by atoms with Crippen LogP contribution in [0.3, 0.4) is 0 Å². The molecule has 5 aromatic carbocycles. The first-order valence-electron chi connectivity index (χ1n) is 19.7. The third kappa shape index (κ3) is 7.86. The van der Waals surface area contributed by atoms with Gasteiger partial charge >= 0.3 is 11.9 Å². The average Bonchev–Trinajstić information content (AvgIpc) is 3.69. The Hall–Kier alpha value is -5.67. The molecule has 0 atom stereocenters. The second-order valence-electron chi connectivity index (χ2n) is 14.5. The number of esters is 2. The van der Waals surface area contributed by atoms with Gasteiger partial charge in [-0.3, -0.25) is 4.79 Å². The van der Waals surface area contributed by atoms with Crippen LogP contribution in [0.5, 0.6) is 0 Å². The van der Waals surface area contributed by atoms with Crippen LogP contribution in [-0.2, 0) is 19.8 Å². The van der Waals surface area contributed by atoms with Crippen molar-refractivity contribution < 1.29 is 19.1 Å². The van der Waals surface area contributed by atoms with Crippen molar-refractivity contribution in [3.05, 3.63) is 162 Å². The monoisotopic (exact) mass is 762 g/mol. The fourth-order valence-corrected chi connectivity index (χ4v) is 9.00. The first kappa shape index (κ1) is 37.3. The van der Waals surface area contributed by atoms with Crippen molar-refractivity contribution in [2.24, 2.45) is 5.92 Å². The summed E-state index contributed by atoms with van der Waals surface area (Å²) in [6, 6.07) is 47.0. The molecule has 56 heavy (non-hydrogen) atoms. The van der Waals surface area contributed by atoms with E-state index < -0.39 is 18.3 Å². The van der Waals surface area contributed by atoms with Crippen LogP contribution in [0, 0.1) is 5.92 Å². The number of carbonyl (C=O) groups is 2. The van der Waals surface area contributed by atoms with E-state index in [0.717, 1.165) is 77.9 Å². The lowest BCUT2D eigenvalue weighted by Gasteiger charge is -2.36. The predicted octanol–water partition coefficient (Wildman–Crippen LogP) is 10.2. The van der Waals surface area contributed by atoms with Gasteiger partial charge in [0.05, 0.1) is 5.92 Å². The average molecular weight is 763 g/mol. The van der Waals surface area contributed by atoms with E-state index in [0.29, 0.717) is 5.03 Å². The predicted molar refractivity (Wildman–Crippen MR) is 220 cm³/mol. The van der Waals surface area contributed by atoms with Crippen LogP contribution < -0.4 is 4.90 Å². The summed E-state index contributed by atoms with van der Waals surface area (Å²) in [5, 5.41) is 9.86. The van der Waals surface area contributed by atoms with E-state index in [1.807, 2.05) is 103 Å². The number of carbonyl (C=O) groups excluding carboxylic acids is 2. The van der Waals surface area contributed by atoms with Crippen LogP contribution in [0.1, 0.15) is 78.5 Å². The summed E-state index contributed by atoms with van der Waals surface area (Å²) < 4.78 is 13.0. The lowest BCUT2D eigenvalue weighted by Crippen LogP contribution is -2.41. The molecule has 2 heterocycles. The number of piperidine rings is 1. The number of aromatic nitrogens is 3. The molecule has 1 aliphatic heterocycles. The van der Waals surface area contributed by atoms with Crippen LogP contribution in [0.4, 0.5) is 5.69 Å². The first-order valence-corrected chi connectivity index (χ1v) is 20.5. The SMILES string of the molecule is O=C(OCOC(=O)C1CCCCC1)c1c(Sc2ccc(-c3ccc(N4CCCCC4)cc3)cc2)nnn1C(c1ccccc1)(c1ccccc1)c1ccccc1. The highest BCUT2D eigenvalue weighted by Crippen LogP contribution is 2.43. The van der Waals surface area contributed by atoms with Crippen molar-refractivity contribution in [1.82, 2.24) is 15.0 Å². The van der Waals surface area contributed by atoms with E-state index in [2.05, 4.69) is 46.4 Å². The standard InChI is InChI=1S/C47H46N4O4S/c52-45(37-16-6-1-7-17-37)54-34-55-46(53)43-44(56-42-30-26-36(27-31-42)35-24-28-41(29-25-35)50-32-14-5-15-33-50)48-49-51(43)47(38-18-8-2-9-19-38,39-20-10-3-11-21-39)40-22-12-4-13-23-40/h2-4,8-13,18-31,37H,1,5-7,14-17,32-34H2. The molecule has 0 unspecified atom stereocenters. The lowest BCUT2D eigenvalue weighted by atomic mass is 9.77. The van der Waals surface area contributed by atoms with Gasteiger partial charge < -0.3 is 14.4 Å². The molecule has 6 aromatic rings. The van der Waals surface area contributed by atoms with Gasteiger partial charge in [0, 0.05) is 23.7 Å². The maximum absolute atomic E-state index is 14.5. The Morgan fingerprint density at radius 3 is 1.70 bits per heavy atom. The maximum atomic E-state index is 14.5. The molecule has 8 nitrogen and oxygen atoms in total. The van der Waals surface area contributed by atoms with Crippen LogP contribution >= 0.6 is 11.8 Å². The third-order valence-corrected chi connectivity index (χ3v) is 12.0. The topological polar surface area (TPSA) is 86.6 Å². The van der Waals surface area contributed by atoms with Gasteiger partial charge in [0.25, 0.3) is 0 Å². The summed E-state index contributed by atoms with van der Waals surface area (Å²) in [4.78, 5) is 30.8. The summed E-state index contributed by atoms with van der Waals surface area (Å²) in [5.74, 6) is -1.18. The summed E-state index contributed by atoms with van der Waals surface area (Å²) in [6.45, 7) is 1.73. The Morgan fingerprint density at radius 1 is 0.625 bits per heavy atom. The van der Waals surface area contributed by atoms with Gasteiger partial charge in [-0.15, -0.1) is 5.10 Å². The van der Waals surface area contributed by atoms with Crippen LogP contribution in [0.25, 0.3) is 11.1 Å². The summed E-state index contributed by atoms with van der Waals surface area (Å²) in [7, 11) is 0. The van der Waals surface area contributed by atoms with Gasteiger partial charge in [0.1, 0.15) is 5.54 Å². The molecule has 8 rings (SSSR count). The zero-order valence-corrected chi connectivity index (χ0v) is 32.3. The van der Waals surface area contributed by atoms with E-state index in [-0.39, 0.29) is 17.6 Å². The molecule has 0 amide bonds. The van der Waals surface area contributed by atoms with Crippen molar-refractivity contribution >= 4 is 29.4 Å². The second-order valence-corrected chi connectivity index (χ2v) is 15.6. The summed E-state index contributed by atoms with van der Waals surface area (Å²) in [6.07, 6.45) is 8.50. The van der Waals surface area contributed by atoms with Crippen LogP contribution in [0.15, 0.2) is 149 Å². The van der Waals surface area contributed by atoms with E-state index in [1.54, 1.807) is 4.68 Å². The number of hydrogen-bond donors (Lipinski definition) is 0. The zero-order chi connectivity index (χ0) is 38.2. The molecule has 0 radical (unpaired) electrons. The van der Waals surface area contributed by atoms with Gasteiger partial charge in [0.15, 0.2) is 10.7 Å². The normalized spacial score (nSPS) is 15.0. The first-order chi connectivity index (χ1) is 27.6. The van der Waals surface area contributed by atoms with Crippen molar-refractivity contribution in [2.75, 3.05) is 24.8 Å². The number of nitrogens with zero attached hydrogens (tertiary/aromatic N) is 4. The minimum Gasteiger partial charge on any atom is -0.428 e. The molecule has 1 saturated heterocycles. The Balaban J connectivity index is 1.16. The second kappa shape index (κ2) is 17.4. The minimum atomic E-state index is -1.12. The highest BCUT2D eigenvalue weighted by Gasteiger charge is 2.44. The highest BCUT2D eigenvalue weighted by atomic mass is 32.2. The zero-order valence-electron chi connectivity index (χ0n) is 31.5. The Kier molecular flexibility index (Phi) is 11.6. The molecular formula is C47H46N4O4S. The molecular weight excluding hydrogens is 717 g/mol. The fourth-order valence-electron chi connectivity index (χ4n) is 8.16. The van der Waals surface area contributed by atoms with Crippen molar-refractivity contribution in [3.8, 4) is 11.1 Å². The molecule has 1 aliphatic carbocycles. The maximum Gasteiger partial charge on any atom is 0.362 e. The van der Waals surface area contributed by atoms with Crippen LogP contribution in [0.2, 0.25) is 0 Å². The molecule has 2 aliphatic rings. The minimum absolute atomic E-state index is 0.151. The van der Waals surface area contributed by atoms with E-state index in [1.165, 1.54) is 36.7 Å². The third-order valence-electron chi connectivity index (χ3n) is 11.0. The Bertz CT molecular complexity index is 2100. The Morgan fingerprint density at radius 2 is 1.14 bits per heavy atom. The van der Waals surface area contributed by atoms with Crippen molar-refractivity contribution in [2.45, 2.75) is 66.8 Å².